The number of H-pyrrole nitrogens is 1. The van der Waals surface area contributed by atoms with Gasteiger partial charge in [-0.1, -0.05) is 62.4 Å². The first kappa shape index (κ1) is 39.0. The van der Waals surface area contributed by atoms with E-state index in [2.05, 4.69) is 26.3 Å². The third kappa shape index (κ3) is 12.9. The van der Waals surface area contributed by atoms with Crippen LogP contribution in [0.15, 0.2) is 60.8 Å². The summed E-state index contributed by atoms with van der Waals surface area (Å²) in [5.41, 5.74) is 7.02. The number of hydrogen-bond donors (Lipinski definition) is 7. The summed E-state index contributed by atoms with van der Waals surface area (Å²) in [6.07, 6.45) is 0.193. The van der Waals surface area contributed by atoms with Gasteiger partial charge in [0.2, 0.25) is 23.6 Å². The maximum atomic E-state index is 13.8. The summed E-state index contributed by atoms with van der Waals surface area (Å²) in [6.45, 7) is 8.75. The fourth-order valence-corrected chi connectivity index (χ4v) is 5.39. The van der Waals surface area contributed by atoms with Crippen LogP contribution in [0.4, 0.5) is 4.79 Å². The van der Waals surface area contributed by atoms with Crippen LogP contribution in [0.5, 0.6) is 0 Å². The molecule has 0 aliphatic rings. The zero-order chi connectivity index (χ0) is 37.0. The average molecular weight is 693 g/mol. The van der Waals surface area contributed by atoms with Crippen molar-refractivity contribution in [2.75, 3.05) is 0 Å². The number of nitrogens with one attached hydrogen (secondary N) is 5. The van der Waals surface area contributed by atoms with Crippen LogP contribution < -0.4 is 27.0 Å². The lowest BCUT2D eigenvalue weighted by Gasteiger charge is -2.27. The number of carboxylic acids is 1. The summed E-state index contributed by atoms with van der Waals surface area (Å²) in [6, 6.07) is 11.8. The summed E-state index contributed by atoms with van der Waals surface area (Å²) >= 11 is 0. The molecule has 4 atom stereocenters. The number of ether oxygens (including phenoxy) is 1. The Morgan fingerprint density at radius 3 is 2.06 bits per heavy atom. The van der Waals surface area contributed by atoms with Gasteiger partial charge in [-0.3, -0.25) is 24.0 Å². The molecule has 0 unspecified atom stereocenters. The Morgan fingerprint density at radius 1 is 0.800 bits per heavy atom. The number of aromatic nitrogens is 1. The first-order valence-corrected chi connectivity index (χ1v) is 16.5. The van der Waals surface area contributed by atoms with Gasteiger partial charge >= 0.3 is 12.1 Å². The molecule has 0 saturated heterocycles. The van der Waals surface area contributed by atoms with Crippen molar-refractivity contribution in [1.29, 1.82) is 0 Å². The van der Waals surface area contributed by atoms with E-state index in [1.165, 1.54) is 0 Å². The average Bonchev–Trinajstić information content (AvgIpc) is 3.41. The number of carboxylic acid groups (broad SMARTS) is 1. The number of aromatic amines is 1. The number of para-hydroxylation sites is 1. The Hall–Kier alpha value is -5.40. The number of primary amides is 1. The maximum absolute atomic E-state index is 13.8. The second-order valence-corrected chi connectivity index (χ2v) is 13.7. The molecule has 1 aromatic heterocycles. The van der Waals surface area contributed by atoms with E-state index in [9.17, 15) is 33.9 Å². The fraction of sp³-hybridized carbons (Fsp3) is 0.444. The normalized spacial score (nSPS) is 13.8. The molecule has 8 N–H and O–H groups in total. The first-order chi connectivity index (χ1) is 23.5. The lowest BCUT2D eigenvalue weighted by molar-refractivity contribution is -0.138. The molecule has 0 bridgehead atoms. The Morgan fingerprint density at radius 2 is 1.44 bits per heavy atom. The third-order valence-corrected chi connectivity index (χ3v) is 7.61. The number of carbonyl (C=O) groups excluding carboxylic acids is 5. The molecule has 0 spiro atoms. The predicted octanol–water partition coefficient (Wildman–Crippen LogP) is 2.70. The summed E-state index contributed by atoms with van der Waals surface area (Å²) < 4.78 is 5.40. The molecule has 50 heavy (non-hydrogen) atoms. The van der Waals surface area contributed by atoms with E-state index in [4.69, 9.17) is 10.5 Å². The van der Waals surface area contributed by atoms with E-state index in [1.54, 1.807) is 57.3 Å². The minimum atomic E-state index is -1.27. The second-order valence-electron chi connectivity index (χ2n) is 13.7. The van der Waals surface area contributed by atoms with Gasteiger partial charge in [-0.15, -0.1) is 0 Å². The third-order valence-electron chi connectivity index (χ3n) is 7.61. The molecule has 0 aliphatic heterocycles. The van der Waals surface area contributed by atoms with E-state index in [0.29, 0.717) is 0 Å². The molecule has 5 amide bonds. The fourth-order valence-electron chi connectivity index (χ4n) is 5.39. The van der Waals surface area contributed by atoms with Gasteiger partial charge in [0.05, 0.1) is 6.42 Å². The summed E-state index contributed by atoms with van der Waals surface area (Å²) in [7, 11) is 0. The van der Waals surface area contributed by atoms with Gasteiger partial charge in [-0.2, -0.15) is 0 Å². The summed E-state index contributed by atoms with van der Waals surface area (Å²) in [5.74, 6) is -4.22. The van der Waals surface area contributed by atoms with Crippen molar-refractivity contribution >= 4 is 46.6 Å². The topological polar surface area (TPSA) is 222 Å². The van der Waals surface area contributed by atoms with Crippen molar-refractivity contribution in [2.45, 2.75) is 96.5 Å². The second kappa shape index (κ2) is 17.8. The van der Waals surface area contributed by atoms with Crippen molar-refractivity contribution in [3.63, 3.8) is 0 Å². The molecule has 1 heterocycles. The number of rotatable bonds is 17. The van der Waals surface area contributed by atoms with E-state index in [-0.39, 0.29) is 25.2 Å². The molecular formula is C36H48N6O8. The number of carbonyl (C=O) groups is 6. The van der Waals surface area contributed by atoms with Gasteiger partial charge in [-0.05, 0) is 50.3 Å². The van der Waals surface area contributed by atoms with Crippen LogP contribution in [0, 0.1) is 5.92 Å². The highest BCUT2D eigenvalue weighted by Crippen LogP contribution is 2.20. The maximum Gasteiger partial charge on any atom is 0.408 e. The largest absolute Gasteiger partial charge is 0.481 e. The highest BCUT2D eigenvalue weighted by Gasteiger charge is 2.32. The number of alkyl carbamates (subject to hydrolysis) is 1. The summed E-state index contributed by atoms with van der Waals surface area (Å²) in [4.78, 5) is 80.2. The van der Waals surface area contributed by atoms with E-state index >= 15 is 0 Å². The number of hydrogen-bond acceptors (Lipinski definition) is 7. The Balaban J connectivity index is 1.78. The number of aliphatic carboxylic acids is 1. The van der Waals surface area contributed by atoms with Crippen molar-refractivity contribution in [2.24, 2.45) is 11.7 Å². The van der Waals surface area contributed by atoms with Crippen LogP contribution in [0.25, 0.3) is 10.9 Å². The van der Waals surface area contributed by atoms with Gasteiger partial charge in [-0.25, -0.2) is 4.79 Å². The molecule has 14 heteroatoms. The molecule has 3 aromatic rings. The zero-order valence-corrected chi connectivity index (χ0v) is 29.1. The van der Waals surface area contributed by atoms with Crippen LogP contribution in [0.3, 0.4) is 0 Å². The minimum absolute atomic E-state index is 0.0664. The van der Waals surface area contributed by atoms with Crippen LogP contribution in [0.1, 0.15) is 65.0 Å². The minimum Gasteiger partial charge on any atom is -0.481 e. The zero-order valence-electron chi connectivity index (χ0n) is 29.1. The highest BCUT2D eigenvalue weighted by atomic mass is 16.6. The van der Waals surface area contributed by atoms with Gasteiger partial charge in [0, 0.05) is 42.4 Å². The van der Waals surface area contributed by atoms with Crippen LogP contribution in [0.2, 0.25) is 0 Å². The number of fused-ring (bicyclic) bond motifs is 1. The lowest BCUT2D eigenvalue weighted by Crippen LogP contribution is -2.56. The van der Waals surface area contributed by atoms with Crippen molar-refractivity contribution in [3.8, 4) is 0 Å². The molecule has 0 aliphatic carbocycles. The Bertz CT molecular complexity index is 1650. The van der Waals surface area contributed by atoms with Gasteiger partial charge in [0.25, 0.3) is 0 Å². The number of nitrogens with two attached hydrogens (primary N) is 1. The highest BCUT2D eigenvalue weighted by molar-refractivity contribution is 5.93. The Labute approximate surface area is 291 Å². The van der Waals surface area contributed by atoms with Crippen LogP contribution >= 0.6 is 0 Å². The molecule has 2 aromatic carbocycles. The Kier molecular flexibility index (Phi) is 13.9. The number of amides is 5. The molecule has 0 radical (unpaired) electrons. The van der Waals surface area contributed by atoms with Crippen molar-refractivity contribution < 1.29 is 38.6 Å². The van der Waals surface area contributed by atoms with Gasteiger partial charge in [0.15, 0.2) is 0 Å². The van der Waals surface area contributed by atoms with E-state index in [1.807, 2.05) is 38.1 Å². The quantitative estimate of drug-likeness (QED) is 0.111. The molecule has 3 rings (SSSR count). The van der Waals surface area contributed by atoms with Crippen molar-refractivity contribution in [3.05, 3.63) is 71.9 Å². The smallest absolute Gasteiger partial charge is 0.408 e. The van der Waals surface area contributed by atoms with Gasteiger partial charge in [0.1, 0.15) is 23.7 Å². The first-order valence-electron chi connectivity index (χ1n) is 16.5. The SMILES string of the molecule is CC(C)C[C@H](NC(=O)[C@H](Cc1c[nH]c2ccccc12)NC(=O)OC(C)(C)C)C(=O)N[C@H](CC(=O)O)CC(=O)N[C@H](Cc1ccccc1)C(N)=O. The van der Waals surface area contributed by atoms with Gasteiger partial charge < -0.3 is 41.8 Å². The van der Waals surface area contributed by atoms with Crippen LogP contribution in [-0.2, 0) is 41.6 Å². The van der Waals surface area contributed by atoms with Crippen LogP contribution in [-0.4, -0.2) is 75.6 Å². The standard InChI is InChI=1S/C36H48N6O8/c1-21(2)15-28(33(47)39-24(19-31(44)45)18-30(43)40-27(32(37)46)16-22-11-7-6-8-12-22)41-34(48)29(42-35(49)50-36(3,4)5)17-23-20-38-26-14-10-9-13-25(23)26/h6-14,20-21,24,27-29,38H,15-19H2,1-5H3,(H2,37,46)(H,39,47)(H,40,43)(H,41,48)(H,42,49)(H,44,45)/t24-,27+,28-,29-/m0/s1. The molecular weight excluding hydrogens is 644 g/mol. The predicted molar refractivity (Wildman–Crippen MR) is 187 cm³/mol. The molecule has 0 fully saturated rings. The van der Waals surface area contributed by atoms with Crippen molar-refractivity contribution in [1.82, 2.24) is 26.3 Å². The lowest BCUT2D eigenvalue weighted by atomic mass is 10.00. The van der Waals surface area contributed by atoms with E-state index < -0.39 is 78.3 Å². The molecule has 0 saturated carbocycles. The number of benzene rings is 2. The molecule has 14 nitrogen and oxygen atoms in total. The van der Waals surface area contributed by atoms with E-state index in [0.717, 1.165) is 22.0 Å². The molecule has 270 valence electrons. The summed E-state index contributed by atoms with van der Waals surface area (Å²) in [5, 5.41) is 20.9. The monoisotopic (exact) mass is 692 g/mol.